The third-order valence-electron chi connectivity index (χ3n) is 3.52. The van der Waals surface area contributed by atoms with E-state index in [9.17, 15) is 13.2 Å². The standard InChI is InChI=1S/C14H17N3O6S/c18-14(11-10-13(23-16-11)12-2-1-6-22-12)15-3-9-24(19,20)17-4-7-21-8-5-17/h1-2,6,10H,3-5,7-9H2,(H,15,18). The minimum absolute atomic E-state index is 0.0124. The third-order valence-corrected chi connectivity index (χ3v) is 5.39. The van der Waals surface area contributed by atoms with E-state index in [4.69, 9.17) is 13.7 Å². The Balaban J connectivity index is 1.52. The molecule has 9 nitrogen and oxygen atoms in total. The van der Waals surface area contributed by atoms with Gasteiger partial charge in [0.1, 0.15) is 0 Å². The van der Waals surface area contributed by atoms with Crippen molar-refractivity contribution < 1.29 is 26.9 Å². The lowest BCUT2D eigenvalue weighted by atomic mass is 10.3. The molecule has 0 spiro atoms. The lowest BCUT2D eigenvalue weighted by molar-refractivity contribution is 0.0730. The van der Waals surface area contributed by atoms with Gasteiger partial charge in [0.05, 0.1) is 25.2 Å². The highest BCUT2D eigenvalue weighted by Gasteiger charge is 2.24. The summed E-state index contributed by atoms with van der Waals surface area (Å²) in [6, 6.07) is 4.80. The van der Waals surface area contributed by atoms with Gasteiger partial charge in [0, 0.05) is 25.7 Å². The van der Waals surface area contributed by atoms with Crippen LogP contribution in [-0.2, 0) is 14.8 Å². The normalized spacial score (nSPS) is 16.2. The molecule has 3 rings (SSSR count). The zero-order chi connectivity index (χ0) is 17.0. The number of carbonyl (C=O) groups is 1. The summed E-state index contributed by atoms with van der Waals surface area (Å²) in [4.78, 5) is 12.0. The fraction of sp³-hybridized carbons (Fsp3) is 0.429. The van der Waals surface area contributed by atoms with Crippen LogP contribution in [0, 0.1) is 0 Å². The first kappa shape index (κ1) is 16.7. The van der Waals surface area contributed by atoms with Crippen molar-refractivity contribution in [1.29, 1.82) is 0 Å². The smallest absolute Gasteiger partial charge is 0.273 e. The second kappa shape index (κ2) is 7.16. The largest absolute Gasteiger partial charge is 0.461 e. The summed E-state index contributed by atoms with van der Waals surface area (Å²) < 4.78 is 40.9. The van der Waals surface area contributed by atoms with E-state index in [1.165, 1.54) is 16.6 Å². The zero-order valence-corrected chi connectivity index (χ0v) is 13.6. The van der Waals surface area contributed by atoms with Gasteiger partial charge in [0.25, 0.3) is 5.91 Å². The van der Waals surface area contributed by atoms with Crippen molar-refractivity contribution in [3.63, 3.8) is 0 Å². The molecular formula is C14H17N3O6S. The van der Waals surface area contributed by atoms with Crippen molar-refractivity contribution in [2.75, 3.05) is 38.6 Å². The zero-order valence-electron chi connectivity index (χ0n) is 12.8. The minimum Gasteiger partial charge on any atom is -0.461 e. The van der Waals surface area contributed by atoms with E-state index in [0.29, 0.717) is 37.8 Å². The van der Waals surface area contributed by atoms with Crippen molar-refractivity contribution in [2.24, 2.45) is 0 Å². The van der Waals surface area contributed by atoms with E-state index < -0.39 is 15.9 Å². The van der Waals surface area contributed by atoms with Crippen molar-refractivity contribution >= 4 is 15.9 Å². The lowest BCUT2D eigenvalue weighted by Gasteiger charge is -2.25. The number of carbonyl (C=O) groups excluding carboxylic acids is 1. The average molecular weight is 355 g/mol. The van der Waals surface area contributed by atoms with Crippen LogP contribution in [0.4, 0.5) is 0 Å². The summed E-state index contributed by atoms with van der Waals surface area (Å²) in [5, 5.41) is 6.18. The van der Waals surface area contributed by atoms with Gasteiger partial charge in [-0.25, -0.2) is 8.42 Å². The number of sulfonamides is 1. The van der Waals surface area contributed by atoms with Crippen LogP contribution in [-0.4, -0.2) is 62.4 Å². The van der Waals surface area contributed by atoms with Crippen LogP contribution in [0.2, 0.25) is 0 Å². The molecule has 1 fully saturated rings. The Morgan fingerprint density at radius 1 is 1.29 bits per heavy atom. The molecule has 130 valence electrons. The third kappa shape index (κ3) is 3.83. The van der Waals surface area contributed by atoms with E-state index in [2.05, 4.69) is 10.5 Å². The maximum absolute atomic E-state index is 12.1. The first-order valence-electron chi connectivity index (χ1n) is 7.40. The molecule has 0 bridgehead atoms. The van der Waals surface area contributed by atoms with E-state index in [0.717, 1.165) is 0 Å². The number of rotatable bonds is 6. The number of aromatic nitrogens is 1. The molecule has 1 aliphatic rings. The molecule has 1 N–H and O–H groups in total. The van der Waals surface area contributed by atoms with Gasteiger partial charge in [0.2, 0.25) is 15.8 Å². The highest BCUT2D eigenvalue weighted by Crippen LogP contribution is 2.20. The first-order valence-corrected chi connectivity index (χ1v) is 9.01. The maximum Gasteiger partial charge on any atom is 0.273 e. The first-order chi connectivity index (χ1) is 11.6. The predicted molar refractivity (Wildman–Crippen MR) is 82.7 cm³/mol. The van der Waals surface area contributed by atoms with Gasteiger partial charge in [-0.3, -0.25) is 4.79 Å². The van der Waals surface area contributed by atoms with Crippen molar-refractivity contribution in [3.05, 3.63) is 30.2 Å². The van der Waals surface area contributed by atoms with Gasteiger partial charge in [0.15, 0.2) is 11.5 Å². The fourth-order valence-electron chi connectivity index (χ4n) is 2.26. The average Bonchev–Trinajstić information content (AvgIpc) is 3.26. The Morgan fingerprint density at radius 3 is 2.79 bits per heavy atom. The van der Waals surface area contributed by atoms with Gasteiger partial charge in [-0.05, 0) is 12.1 Å². The molecule has 3 heterocycles. The number of morpholine rings is 1. The number of nitrogens with zero attached hydrogens (tertiary/aromatic N) is 2. The number of ether oxygens (including phenoxy) is 1. The van der Waals surface area contributed by atoms with Crippen LogP contribution in [0.15, 0.2) is 33.4 Å². The van der Waals surface area contributed by atoms with Gasteiger partial charge in [-0.1, -0.05) is 5.16 Å². The molecule has 2 aromatic rings. The van der Waals surface area contributed by atoms with E-state index in [1.807, 2.05) is 0 Å². The van der Waals surface area contributed by atoms with Crippen LogP contribution in [0.1, 0.15) is 10.5 Å². The summed E-state index contributed by atoms with van der Waals surface area (Å²) in [5.41, 5.74) is 0.0603. The highest BCUT2D eigenvalue weighted by molar-refractivity contribution is 7.89. The van der Waals surface area contributed by atoms with Crippen LogP contribution in [0.3, 0.4) is 0 Å². The molecule has 10 heteroatoms. The van der Waals surface area contributed by atoms with Crippen LogP contribution in [0.25, 0.3) is 11.5 Å². The molecule has 0 aliphatic carbocycles. The number of hydrogen-bond donors (Lipinski definition) is 1. The Labute approximate surface area is 138 Å². The molecule has 1 amide bonds. The molecule has 0 radical (unpaired) electrons. The van der Waals surface area contributed by atoms with Crippen molar-refractivity contribution in [3.8, 4) is 11.5 Å². The molecule has 0 aromatic carbocycles. The second-order valence-corrected chi connectivity index (χ2v) is 7.23. The molecule has 0 atom stereocenters. The Hall–Kier alpha value is -2.17. The lowest BCUT2D eigenvalue weighted by Crippen LogP contribution is -2.43. The number of furan rings is 1. The number of hydrogen-bond acceptors (Lipinski definition) is 7. The summed E-state index contributed by atoms with van der Waals surface area (Å²) in [6.07, 6.45) is 1.48. The molecule has 1 aliphatic heterocycles. The van der Waals surface area contributed by atoms with Crippen LogP contribution < -0.4 is 5.32 Å². The monoisotopic (exact) mass is 355 g/mol. The minimum atomic E-state index is -3.41. The molecule has 2 aromatic heterocycles. The number of nitrogens with one attached hydrogen (secondary N) is 1. The van der Waals surface area contributed by atoms with Crippen molar-refractivity contribution in [2.45, 2.75) is 0 Å². The van der Waals surface area contributed by atoms with Gasteiger partial charge in [-0.15, -0.1) is 0 Å². The van der Waals surface area contributed by atoms with Crippen LogP contribution >= 0.6 is 0 Å². The molecule has 1 saturated heterocycles. The SMILES string of the molecule is O=C(NCCS(=O)(=O)N1CCOCC1)c1cc(-c2ccco2)on1. The predicted octanol–water partition coefficient (Wildman–Crippen LogP) is 0.326. The Morgan fingerprint density at radius 2 is 2.08 bits per heavy atom. The van der Waals surface area contributed by atoms with E-state index >= 15 is 0 Å². The quantitative estimate of drug-likeness (QED) is 0.794. The van der Waals surface area contributed by atoms with Crippen LogP contribution in [0.5, 0.6) is 0 Å². The van der Waals surface area contributed by atoms with Crippen molar-refractivity contribution in [1.82, 2.24) is 14.8 Å². The van der Waals surface area contributed by atoms with Gasteiger partial charge in [-0.2, -0.15) is 4.31 Å². The second-order valence-electron chi connectivity index (χ2n) is 5.14. The summed E-state index contributed by atoms with van der Waals surface area (Å²) in [5.74, 6) is 0.0954. The van der Waals surface area contributed by atoms with Gasteiger partial charge < -0.3 is 19.0 Å². The fourth-order valence-corrected chi connectivity index (χ4v) is 3.58. The van der Waals surface area contributed by atoms with E-state index in [-0.39, 0.29) is 18.0 Å². The molecule has 24 heavy (non-hydrogen) atoms. The maximum atomic E-state index is 12.1. The Kier molecular flexibility index (Phi) is 4.97. The van der Waals surface area contributed by atoms with Gasteiger partial charge >= 0.3 is 0 Å². The summed E-state index contributed by atoms with van der Waals surface area (Å²) in [7, 11) is -3.41. The summed E-state index contributed by atoms with van der Waals surface area (Å²) >= 11 is 0. The molecular weight excluding hydrogens is 338 g/mol. The highest BCUT2D eigenvalue weighted by atomic mass is 32.2. The Bertz CT molecular complexity index is 777. The number of amides is 1. The summed E-state index contributed by atoms with van der Waals surface area (Å²) in [6.45, 7) is 1.44. The van der Waals surface area contributed by atoms with E-state index in [1.54, 1.807) is 12.1 Å². The molecule has 0 saturated carbocycles. The molecule has 0 unspecified atom stereocenters. The topological polar surface area (TPSA) is 115 Å².